The van der Waals surface area contributed by atoms with Crippen molar-refractivity contribution in [3.8, 4) is 0 Å². The Bertz CT molecular complexity index is 619. The average Bonchev–Trinajstić information content (AvgIpc) is 2.55. The van der Waals surface area contributed by atoms with Crippen molar-refractivity contribution in [3.05, 3.63) is 58.6 Å². The van der Waals surface area contributed by atoms with E-state index in [1.165, 1.54) is 5.69 Å². The Morgan fingerprint density at radius 3 is 2.43 bits per heavy atom. The summed E-state index contributed by atoms with van der Waals surface area (Å²) in [6.45, 7) is 3.53. The SMILES string of the molecule is Brc1ccccc1C=Nc1ccc(N2CCOCC2)cc1. The smallest absolute Gasteiger partial charge is 0.0642 e. The van der Waals surface area contributed by atoms with E-state index in [1.54, 1.807) is 0 Å². The van der Waals surface area contributed by atoms with E-state index in [-0.39, 0.29) is 0 Å². The van der Waals surface area contributed by atoms with Gasteiger partial charge in [-0.3, -0.25) is 4.99 Å². The van der Waals surface area contributed by atoms with Crippen molar-refractivity contribution in [1.82, 2.24) is 0 Å². The number of morpholine rings is 1. The van der Waals surface area contributed by atoms with Gasteiger partial charge < -0.3 is 9.64 Å². The van der Waals surface area contributed by atoms with Crippen LogP contribution in [-0.4, -0.2) is 32.5 Å². The number of halogens is 1. The maximum atomic E-state index is 5.37. The maximum Gasteiger partial charge on any atom is 0.0642 e. The Hall–Kier alpha value is -1.65. The summed E-state index contributed by atoms with van der Waals surface area (Å²) >= 11 is 3.52. The van der Waals surface area contributed by atoms with Crippen LogP contribution in [0.2, 0.25) is 0 Å². The van der Waals surface area contributed by atoms with E-state index in [1.807, 2.05) is 30.5 Å². The van der Waals surface area contributed by atoms with Crippen LogP contribution in [0, 0.1) is 0 Å². The first-order chi connectivity index (χ1) is 10.3. The normalized spacial score (nSPS) is 15.6. The van der Waals surface area contributed by atoms with Crippen LogP contribution in [0.25, 0.3) is 0 Å². The average molecular weight is 345 g/mol. The van der Waals surface area contributed by atoms with Crippen molar-refractivity contribution in [2.45, 2.75) is 0 Å². The molecule has 3 rings (SSSR count). The van der Waals surface area contributed by atoms with Crippen LogP contribution in [0.15, 0.2) is 58.0 Å². The van der Waals surface area contributed by atoms with Gasteiger partial charge >= 0.3 is 0 Å². The van der Waals surface area contributed by atoms with Gasteiger partial charge in [0.25, 0.3) is 0 Å². The van der Waals surface area contributed by atoms with E-state index < -0.39 is 0 Å². The predicted molar refractivity (Wildman–Crippen MR) is 90.9 cm³/mol. The molecule has 0 saturated carbocycles. The zero-order chi connectivity index (χ0) is 14.5. The lowest BCUT2D eigenvalue weighted by Crippen LogP contribution is -2.36. The molecule has 0 aliphatic carbocycles. The van der Waals surface area contributed by atoms with Gasteiger partial charge in [-0.25, -0.2) is 0 Å². The molecule has 0 bridgehead atoms. The van der Waals surface area contributed by atoms with Crippen LogP contribution in [-0.2, 0) is 4.74 Å². The van der Waals surface area contributed by atoms with Crippen molar-refractivity contribution in [2.75, 3.05) is 31.2 Å². The quantitative estimate of drug-likeness (QED) is 0.785. The first kappa shape index (κ1) is 14.3. The molecular formula is C17H17BrN2O. The van der Waals surface area contributed by atoms with Crippen molar-refractivity contribution in [1.29, 1.82) is 0 Å². The number of aliphatic imine (C=N–C) groups is 1. The molecule has 1 aliphatic heterocycles. The number of hydrogen-bond donors (Lipinski definition) is 0. The van der Waals surface area contributed by atoms with Crippen LogP contribution in [0.3, 0.4) is 0 Å². The van der Waals surface area contributed by atoms with Gasteiger partial charge in [0.15, 0.2) is 0 Å². The zero-order valence-electron chi connectivity index (χ0n) is 11.7. The Labute approximate surface area is 133 Å². The molecule has 21 heavy (non-hydrogen) atoms. The highest BCUT2D eigenvalue weighted by Crippen LogP contribution is 2.21. The molecule has 0 N–H and O–H groups in total. The fraction of sp³-hybridized carbons (Fsp3) is 0.235. The molecule has 0 amide bonds. The maximum absolute atomic E-state index is 5.37. The van der Waals surface area contributed by atoms with Gasteiger partial charge in [0, 0.05) is 35.0 Å². The zero-order valence-corrected chi connectivity index (χ0v) is 13.3. The lowest BCUT2D eigenvalue weighted by Gasteiger charge is -2.28. The molecule has 1 saturated heterocycles. The van der Waals surface area contributed by atoms with E-state index in [4.69, 9.17) is 4.74 Å². The first-order valence-electron chi connectivity index (χ1n) is 7.04. The van der Waals surface area contributed by atoms with Gasteiger partial charge in [0.2, 0.25) is 0 Å². The van der Waals surface area contributed by atoms with Crippen molar-refractivity contribution >= 4 is 33.5 Å². The van der Waals surface area contributed by atoms with Gasteiger partial charge in [0.1, 0.15) is 0 Å². The number of hydrogen-bond acceptors (Lipinski definition) is 3. The van der Waals surface area contributed by atoms with Gasteiger partial charge in [-0.1, -0.05) is 34.1 Å². The number of rotatable bonds is 3. The van der Waals surface area contributed by atoms with Crippen LogP contribution >= 0.6 is 15.9 Å². The van der Waals surface area contributed by atoms with E-state index in [0.717, 1.165) is 42.0 Å². The van der Waals surface area contributed by atoms with E-state index in [9.17, 15) is 0 Å². The van der Waals surface area contributed by atoms with Gasteiger partial charge in [-0.15, -0.1) is 0 Å². The minimum Gasteiger partial charge on any atom is -0.378 e. The highest BCUT2D eigenvalue weighted by molar-refractivity contribution is 9.10. The third kappa shape index (κ3) is 3.71. The van der Waals surface area contributed by atoms with Crippen LogP contribution in [0.5, 0.6) is 0 Å². The second kappa shape index (κ2) is 6.87. The van der Waals surface area contributed by atoms with E-state index in [2.05, 4.69) is 50.1 Å². The highest BCUT2D eigenvalue weighted by atomic mass is 79.9. The molecule has 4 heteroatoms. The molecule has 1 heterocycles. The molecule has 0 unspecified atom stereocenters. The molecule has 0 spiro atoms. The largest absolute Gasteiger partial charge is 0.378 e. The molecule has 1 fully saturated rings. The standard InChI is InChI=1S/C17H17BrN2O/c18-17-4-2-1-3-14(17)13-19-15-5-7-16(8-6-15)20-9-11-21-12-10-20/h1-8,13H,9-12H2. The van der Waals surface area contributed by atoms with Gasteiger partial charge in [-0.05, 0) is 30.3 Å². The molecular weight excluding hydrogens is 328 g/mol. The Morgan fingerprint density at radius 2 is 1.71 bits per heavy atom. The molecule has 108 valence electrons. The van der Waals surface area contributed by atoms with Gasteiger partial charge in [-0.2, -0.15) is 0 Å². The van der Waals surface area contributed by atoms with Crippen molar-refractivity contribution < 1.29 is 4.74 Å². The summed E-state index contributed by atoms with van der Waals surface area (Å²) in [5.74, 6) is 0. The first-order valence-corrected chi connectivity index (χ1v) is 7.83. The number of nitrogens with zero attached hydrogens (tertiary/aromatic N) is 2. The molecule has 0 atom stereocenters. The van der Waals surface area contributed by atoms with E-state index in [0.29, 0.717) is 0 Å². The van der Waals surface area contributed by atoms with Crippen LogP contribution < -0.4 is 4.90 Å². The monoisotopic (exact) mass is 344 g/mol. The topological polar surface area (TPSA) is 24.8 Å². The van der Waals surface area contributed by atoms with Crippen molar-refractivity contribution in [2.24, 2.45) is 4.99 Å². The molecule has 0 radical (unpaired) electrons. The summed E-state index contributed by atoms with van der Waals surface area (Å²) in [7, 11) is 0. The van der Waals surface area contributed by atoms with Gasteiger partial charge in [0.05, 0.1) is 18.9 Å². The highest BCUT2D eigenvalue weighted by Gasteiger charge is 2.10. The Morgan fingerprint density at radius 1 is 1.00 bits per heavy atom. The molecule has 2 aromatic carbocycles. The minimum atomic E-state index is 0.807. The minimum absolute atomic E-state index is 0.807. The molecule has 3 nitrogen and oxygen atoms in total. The lowest BCUT2D eigenvalue weighted by molar-refractivity contribution is 0.122. The Kier molecular flexibility index (Phi) is 4.68. The number of anilines is 1. The summed E-state index contributed by atoms with van der Waals surface area (Å²) in [6.07, 6.45) is 1.88. The molecule has 0 aromatic heterocycles. The van der Waals surface area contributed by atoms with Crippen LogP contribution in [0.1, 0.15) is 5.56 Å². The fourth-order valence-electron chi connectivity index (χ4n) is 2.29. The fourth-order valence-corrected chi connectivity index (χ4v) is 2.68. The summed E-state index contributed by atoms with van der Waals surface area (Å²) in [5, 5.41) is 0. The summed E-state index contributed by atoms with van der Waals surface area (Å²) < 4.78 is 6.43. The molecule has 1 aliphatic rings. The Balaban J connectivity index is 1.71. The number of ether oxygens (including phenoxy) is 1. The summed E-state index contributed by atoms with van der Waals surface area (Å²) in [6, 6.07) is 16.4. The van der Waals surface area contributed by atoms with E-state index >= 15 is 0 Å². The number of benzene rings is 2. The van der Waals surface area contributed by atoms with Crippen LogP contribution in [0.4, 0.5) is 11.4 Å². The summed E-state index contributed by atoms with van der Waals surface area (Å²) in [5.41, 5.74) is 3.27. The predicted octanol–water partition coefficient (Wildman–Crippen LogP) is 4.04. The van der Waals surface area contributed by atoms with Crippen molar-refractivity contribution in [3.63, 3.8) is 0 Å². The third-order valence-electron chi connectivity index (χ3n) is 3.48. The molecule has 2 aromatic rings. The third-order valence-corrected chi connectivity index (χ3v) is 4.21. The lowest BCUT2D eigenvalue weighted by atomic mass is 10.2. The summed E-state index contributed by atoms with van der Waals surface area (Å²) in [4.78, 5) is 6.86. The second-order valence-electron chi connectivity index (χ2n) is 4.90. The second-order valence-corrected chi connectivity index (χ2v) is 5.75.